The number of aliphatic carboxylic acids is 1. The summed E-state index contributed by atoms with van der Waals surface area (Å²) >= 11 is 0. The number of morpholine rings is 1. The van der Waals surface area contributed by atoms with E-state index in [2.05, 4.69) is 0 Å². The lowest BCUT2D eigenvalue weighted by Crippen LogP contribution is -2.54. The maximum absolute atomic E-state index is 11.9. The Kier molecular flexibility index (Phi) is 4.76. The van der Waals surface area contributed by atoms with Crippen LogP contribution in [0.4, 0.5) is 18.0 Å². The summed E-state index contributed by atoms with van der Waals surface area (Å²) in [5.41, 5.74) is 0. The van der Waals surface area contributed by atoms with Gasteiger partial charge in [-0.3, -0.25) is 4.79 Å². The summed E-state index contributed by atoms with van der Waals surface area (Å²) in [6.07, 6.45) is -4.86. The van der Waals surface area contributed by atoms with Crippen LogP contribution in [-0.4, -0.2) is 60.5 Å². The Morgan fingerprint density at radius 3 is 2.67 bits per heavy atom. The van der Waals surface area contributed by atoms with E-state index in [0.29, 0.717) is 0 Å². The molecular weight excluding hydrogens is 257 g/mol. The summed E-state index contributed by atoms with van der Waals surface area (Å²) in [6, 6.07) is -1.67. The van der Waals surface area contributed by atoms with Gasteiger partial charge in [-0.1, -0.05) is 0 Å². The van der Waals surface area contributed by atoms with Gasteiger partial charge in [-0.2, -0.15) is 13.2 Å². The molecule has 0 spiro atoms. The number of halogens is 3. The van der Waals surface area contributed by atoms with Gasteiger partial charge in [-0.15, -0.1) is 0 Å². The van der Waals surface area contributed by atoms with Gasteiger partial charge in [0.15, 0.2) is 0 Å². The van der Waals surface area contributed by atoms with Gasteiger partial charge in [0.05, 0.1) is 25.7 Å². The van der Waals surface area contributed by atoms with Crippen LogP contribution in [-0.2, 0) is 9.53 Å². The third-order valence-corrected chi connectivity index (χ3v) is 2.34. The quantitative estimate of drug-likeness (QED) is 0.779. The SMILES string of the molecule is O=C(O)CC1COCCN1C(=O)NCC(F)(F)F. The summed E-state index contributed by atoms with van der Waals surface area (Å²) in [5.74, 6) is -1.14. The first-order chi connectivity index (χ1) is 8.29. The number of hydrogen-bond donors (Lipinski definition) is 2. The van der Waals surface area contributed by atoms with E-state index >= 15 is 0 Å². The smallest absolute Gasteiger partial charge is 0.405 e. The van der Waals surface area contributed by atoms with Crippen LogP contribution in [0.25, 0.3) is 0 Å². The molecule has 1 aliphatic heterocycles. The molecule has 0 aliphatic carbocycles. The van der Waals surface area contributed by atoms with Crippen molar-refractivity contribution >= 4 is 12.0 Å². The predicted octanol–water partition coefficient (Wildman–Crippen LogP) is 0.434. The second kappa shape index (κ2) is 5.89. The number of carbonyl (C=O) groups is 2. The molecule has 0 bridgehead atoms. The molecule has 2 N–H and O–H groups in total. The van der Waals surface area contributed by atoms with Crippen LogP contribution in [0.5, 0.6) is 0 Å². The van der Waals surface area contributed by atoms with Crippen LogP contribution >= 0.6 is 0 Å². The fraction of sp³-hybridized carbons (Fsp3) is 0.778. The topological polar surface area (TPSA) is 78.9 Å². The molecule has 18 heavy (non-hydrogen) atoms. The second-order valence-electron chi connectivity index (χ2n) is 3.79. The lowest BCUT2D eigenvalue weighted by atomic mass is 10.1. The van der Waals surface area contributed by atoms with Crippen LogP contribution in [0.3, 0.4) is 0 Å². The highest BCUT2D eigenvalue weighted by Crippen LogP contribution is 2.14. The van der Waals surface area contributed by atoms with Crippen molar-refractivity contribution in [1.82, 2.24) is 10.2 Å². The van der Waals surface area contributed by atoms with Gasteiger partial charge < -0.3 is 20.1 Å². The normalized spacial score (nSPS) is 20.6. The zero-order valence-electron chi connectivity index (χ0n) is 9.37. The van der Waals surface area contributed by atoms with Crippen LogP contribution in [0.2, 0.25) is 0 Å². The van der Waals surface area contributed by atoms with E-state index in [1.807, 2.05) is 0 Å². The minimum Gasteiger partial charge on any atom is -0.481 e. The van der Waals surface area contributed by atoms with Crippen molar-refractivity contribution in [3.63, 3.8) is 0 Å². The van der Waals surface area contributed by atoms with Crippen LogP contribution in [0, 0.1) is 0 Å². The molecule has 0 aromatic rings. The Hall–Kier alpha value is -1.51. The maximum Gasteiger partial charge on any atom is 0.405 e. The van der Waals surface area contributed by atoms with Gasteiger partial charge in [0.1, 0.15) is 6.54 Å². The van der Waals surface area contributed by atoms with Crippen molar-refractivity contribution in [2.24, 2.45) is 0 Å². The monoisotopic (exact) mass is 270 g/mol. The molecule has 0 saturated carbocycles. The standard InChI is InChI=1S/C9H13F3N2O4/c10-9(11,12)5-13-8(17)14-1-2-18-4-6(14)3-7(15)16/h6H,1-5H2,(H,13,17)(H,15,16). The molecule has 2 amide bonds. The number of nitrogens with one attached hydrogen (secondary N) is 1. The Morgan fingerprint density at radius 1 is 1.44 bits per heavy atom. The highest BCUT2D eigenvalue weighted by Gasteiger charge is 2.32. The molecule has 1 atom stereocenters. The van der Waals surface area contributed by atoms with Crippen molar-refractivity contribution in [2.75, 3.05) is 26.3 Å². The number of ether oxygens (including phenoxy) is 1. The molecular formula is C9H13F3N2O4. The fourth-order valence-electron chi connectivity index (χ4n) is 1.57. The molecule has 0 aromatic carbocycles. The van der Waals surface area contributed by atoms with E-state index in [1.165, 1.54) is 0 Å². The van der Waals surface area contributed by atoms with E-state index in [4.69, 9.17) is 9.84 Å². The number of carbonyl (C=O) groups excluding carboxylic acids is 1. The molecule has 104 valence electrons. The Balaban J connectivity index is 2.54. The third kappa shape index (κ3) is 4.78. The first kappa shape index (κ1) is 14.6. The Labute approximate surface area is 101 Å². The first-order valence-electron chi connectivity index (χ1n) is 5.20. The van der Waals surface area contributed by atoms with Crippen LogP contribution in [0.15, 0.2) is 0 Å². The van der Waals surface area contributed by atoms with Crippen LogP contribution in [0.1, 0.15) is 6.42 Å². The van der Waals surface area contributed by atoms with Gasteiger partial charge in [-0.05, 0) is 0 Å². The number of hydrogen-bond acceptors (Lipinski definition) is 3. The molecule has 1 heterocycles. The fourth-order valence-corrected chi connectivity index (χ4v) is 1.57. The molecule has 0 aromatic heterocycles. The van der Waals surface area contributed by atoms with E-state index < -0.39 is 30.8 Å². The predicted molar refractivity (Wildman–Crippen MR) is 53.0 cm³/mol. The van der Waals surface area contributed by atoms with Crippen molar-refractivity contribution in [2.45, 2.75) is 18.6 Å². The van der Waals surface area contributed by atoms with Crippen molar-refractivity contribution in [1.29, 1.82) is 0 Å². The van der Waals surface area contributed by atoms with Crippen LogP contribution < -0.4 is 5.32 Å². The lowest BCUT2D eigenvalue weighted by Gasteiger charge is -2.34. The number of carboxylic acids is 1. The van der Waals surface area contributed by atoms with Crippen molar-refractivity contribution in [3.8, 4) is 0 Å². The van der Waals surface area contributed by atoms with Gasteiger partial charge in [0.25, 0.3) is 0 Å². The first-order valence-corrected chi connectivity index (χ1v) is 5.20. The largest absolute Gasteiger partial charge is 0.481 e. The molecule has 0 radical (unpaired) electrons. The number of carboxylic acid groups (broad SMARTS) is 1. The Morgan fingerprint density at radius 2 is 2.11 bits per heavy atom. The number of rotatable bonds is 3. The van der Waals surface area contributed by atoms with Gasteiger partial charge in [0, 0.05) is 6.54 Å². The summed E-state index contributed by atoms with van der Waals surface area (Å²) in [7, 11) is 0. The molecule has 1 unspecified atom stereocenters. The van der Waals surface area contributed by atoms with Crippen molar-refractivity contribution < 1.29 is 32.6 Å². The molecule has 6 nitrogen and oxygen atoms in total. The minimum absolute atomic E-state index is 0.00569. The lowest BCUT2D eigenvalue weighted by molar-refractivity contribution is -0.139. The minimum atomic E-state index is -4.50. The van der Waals surface area contributed by atoms with Gasteiger partial charge in [-0.25, -0.2) is 4.79 Å². The number of urea groups is 1. The highest BCUT2D eigenvalue weighted by molar-refractivity contribution is 5.76. The highest BCUT2D eigenvalue weighted by atomic mass is 19.4. The summed E-state index contributed by atoms with van der Waals surface area (Å²) in [5, 5.41) is 10.3. The molecule has 1 rings (SSSR count). The third-order valence-electron chi connectivity index (χ3n) is 2.34. The molecule has 9 heteroatoms. The zero-order chi connectivity index (χ0) is 13.8. The zero-order valence-corrected chi connectivity index (χ0v) is 9.37. The summed E-state index contributed by atoms with van der Waals surface area (Å²) < 4.78 is 40.8. The number of alkyl halides is 3. The summed E-state index contributed by atoms with van der Waals surface area (Å²) in [6.45, 7) is -1.19. The van der Waals surface area contributed by atoms with Crippen molar-refractivity contribution in [3.05, 3.63) is 0 Å². The number of amides is 2. The average molecular weight is 270 g/mol. The van der Waals surface area contributed by atoms with Gasteiger partial charge >= 0.3 is 18.2 Å². The summed E-state index contributed by atoms with van der Waals surface area (Å²) in [4.78, 5) is 23.1. The van der Waals surface area contributed by atoms with E-state index in [1.54, 1.807) is 5.32 Å². The molecule has 1 saturated heterocycles. The maximum atomic E-state index is 11.9. The second-order valence-corrected chi connectivity index (χ2v) is 3.79. The number of nitrogens with zero attached hydrogens (tertiary/aromatic N) is 1. The van der Waals surface area contributed by atoms with E-state index in [0.717, 1.165) is 4.90 Å². The average Bonchev–Trinajstić information content (AvgIpc) is 2.25. The van der Waals surface area contributed by atoms with E-state index in [9.17, 15) is 22.8 Å². The molecule has 1 aliphatic rings. The van der Waals surface area contributed by atoms with Gasteiger partial charge in [0.2, 0.25) is 0 Å². The Bertz CT molecular complexity index is 321. The molecule has 1 fully saturated rings. The van der Waals surface area contributed by atoms with E-state index in [-0.39, 0.29) is 26.2 Å².